The Bertz CT molecular complexity index is 2210. The molecule has 5 nitrogen and oxygen atoms in total. The van der Waals surface area contributed by atoms with Gasteiger partial charge >= 0.3 is 0 Å². The van der Waals surface area contributed by atoms with E-state index >= 15 is 4.39 Å². The number of carbonyl (C=O) groups is 1. The number of allylic oxidation sites excluding steroid dienone is 1. The fourth-order valence-corrected chi connectivity index (χ4v) is 6.95. The summed E-state index contributed by atoms with van der Waals surface area (Å²) in [6, 6.07) is 26.0. The topological polar surface area (TPSA) is 52.2 Å². The van der Waals surface area contributed by atoms with E-state index in [1.165, 1.54) is 18.9 Å². The number of fused-ring (bicyclic) bond motifs is 1. The van der Waals surface area contributed by atoms with Gasteiger partial charge in [-0.3, -0.25) is 13.2 Å². The SMILES string of the molecule is C=C/C=c1\c(=C/C(C)F)c(-c2cccc3nncn23)c(-c2cccc(-c3ccc(C=O)cc3Cl)c2)n1Sc1ccc(C(F)P)cc1. The van der Waals surface area contributed by atoms with Crippen molar-refractivity contribution in [2.45, 2.75) is 23.9 Å². The van der Waals surface area contributed by atoms with Crippen LogP contribution in [0.2, 0.25) is 5.02 Å². The van der Waals surface area contributed by atoms with E-state index in [2.05, 4.69) is 26.0 Å². The molecule has 10 heteroatoms. The second kappa shape index (κ2) is 13.6. The van der Waals surface area contributed by atoms with E-state index < -0.39 is 12.1 Å². The van der Waals surface area contributed by atoms with E-state index in [0.717, 1.165) is 50.2 Å². The molecule has 6 aromatic rings. The monoisotopic (exact) mass is 668 g/mol. The van der Waals surface area contributed by atoms with Gasteiger partial charge in [-0.15, -0.1) is 10.2 Å². The molecular weight excluding hydrogens is 641 g/mol. The number of alkyl halides is 2. The van der Waals surface area contributed by atoms with E-state index in [9.17, 15) is 9.18 Å². The minimum absolute atomic E-state index is 0.447. The predicted octanol–water partition coefficient (Wildman–Crippen LogP) is 8.50. The molecule has 0 aliphatic carbocycles. The normalized spacial score (nSPS) is 13.7. The van der Waals surface area contributed by atoms with E-state index in [1.807, 2.05) is 75.1 Å². The van der Waals surface area contributed by atoms with Crippen LogP contribution in [0.15, 0.2) is 109 Å². The highest BCUT2D eigenvalue weighted by molar-refractivity contribution is 7.98. The minimum Gasteiger partial charge on any atom is -0.298 e. The number of aromatic nitrogens is 4. The first kappa shape index (κ1) is 31.6. The maximum Gasteiger partial charge on any atom is 0.161 e. The molecule has 0 bridgehead atoms. The lowest BCUT2D eigenvalue weighted by molar-refractivity contribution is 0.112. The summed E-state index contributed by atoms with van der Waals surface area (Å²) in [6.45, 7) is 5.46. The molecule has 0 fully saturated rings. The first-order valence-electron chi connectivity index (χ1n) is 14.3. The third-order valence-electron chi connectivity index (χ3n) is 7.44. The van der Waals surface area contributed by atoms with Crippen molar-refractivity contribution < 1.29 is 13.6 Å². The van der Waals surface area contributed by atoms with Crippen LogP contribution in [0, 0.1) is 0 Å². The fraction of sp³-hybridized carbons (Fsp3) is 0.0833. The van der Waals surface area contributed by atoms with Crippen molar-refractivity contribution >= 4 is 56.9 Å². The lowest BCUT2D eigenvalue weighted by Gasteiger charge is -2.15. The average Bonchev–Trinajstić information content (AvgIpc) is 3.64. The van der Waals surface area contributed by atoms with Gasteiger partial charge < -0.3 is 0 Å². The average molecular weight is 669 g/mol. The predicted molar refractivity (Wildman–Crippen MR) is 188 cm³/mol. The van der Waals surface area contributed by atoms with Crippen LogP contribution < -0.4 is 10.6 Å². The Morgan fingerprint density at radius 3 is 2.46 bits per heavy atom. The number of pyridine rings is 1. The third kappa shape index (κ3) is 6.21. The highest BCUT2D eigenvalue weighted by atomic mass is 35.5. The van der Waals surface area contributed by atoms with Crippen molar-refractivity contribution in [2.75, 3.05) is 0 Å². The van der Waals surface area contributed by atoms with Crippen molar-refractivity contribution in [1.82, 2.24) is 18.6 Å². The number of benzene rings is 3. The molecule has 0 aliphatic heterocycles. The van der Waals surface area contributed by atoms with Gasteiger partial charge in [-0.2, -0.15) is 0 Å². The second-order valence-corrected chi connectivity index (χ2v) is 12.5. The van der Waals surface area contributed by atoms with Gasteiger partial charge in [-0.1, -0.05) is 82.0 Å². The Morgan fingerprint density at radius 1 is 1.00 bits per heavy atom. The minimum atomic E-state index is -1.27. The van der Waals surface area contributed by atoms with Crippen LogP contribution >= 0.6 is 32.8 Å². The van der Waals surface area contributed by atoms with Gasteiger partial charge in [0, 0.05) is 37.4 Å². The van der Waals surface area contributed by atoms with Crippen LogP contribution in [0.3, 0.4) is 0 Å². The van der Waals surface area contributed by atoms with Crippen LogP contribution in [0.25, 0.3) is 51.4 Å². The summed E-state index contributed by atoms with van der Waals surface area (Å²) in [5, 5.41) is 10.2. The zero-order chi connectivity index (χ0) is 32.4. The Labute approximate surface area is 276 Å². The summed E-state index contributed by atoms with van der Waals surface area (Å²) in [6.07, 6.45) is 6.25. The molecule has 3 heterocycles. The van der Waals surface area contributed by atoms with Crippen molar-refractivity contribution in [3.05, 3.63) is 131 Å². The zero-order valence-electron chi connectivity index (χ0n) is 24.6. The lowest BCUT2D eigenvalue weighted by Crippen LogP contribution is -2.28. The van der Waals surface area contributed by atoms with Crippen LogP contribution in [0.4, 0.5) is 8.78 Å². The number of halogens is 3. The molecule has 0 saturated carbocycles. The van der Waals surface area contributed by atoms with Gasteiger partial charge in [0.05, 0.1) is 16.7 Å². The molecule has 46 heavy (non-hydrogen) atoms. The summed E-state index contributed by atoms with van der Waals surface area (Å²) < 4.78 is 33.0. The summed E-state index contributed by atoms with van der Waals surface area (Å²) in [7, 11) is 2.17. The smallest absolute Gasteiger partial charge is 0.161 e. The summed E-state index contributed by atoms with van der Waals surface area (Å²) in [5.41, 5.74) is 6.41. The third-order valence-corrected chi connectivity index (χ3v) is 9.18. The highest BCUT2D eigenvalue weighted by Gasteiger charge is 2.23. The molecule has 0 aliphatic rings. The van der Waals surface area contributed by atoms with Crippen LogP contribution in [0.5, 0.6) is 0 Å². The standard InChI is InChI=1S/C36H28ClF2N4OPS/c1-3-6-31-29(17-22(2)38)34(32-9-5-10-33-41-40-21-42(32)33)35(43(31)46-27-14-12-24(13-15-27)36(39)45)26-8-4-7-25(19-26)28-16-11-23(20-44)18-30(28)37/h3-22,36H,1,45H2,2H3/b29-17+,31-6+. The molecule has 0 amide bonds. The van der Waals surface area contributed by atoms with Gasteiger partial charge in [0.2, 0.25) is 0 Å². The van der Waals surface area contributed by atoms with Crippen molar-refractivity contribution in [1.29, 1.82) is 0 Å². The Morgan fingerprint density at radius 2 is 1.76 bits per heavy atom. The van der Waals surface area contributed by atoms with Crippen molar-refractivity contribution in [3.8, 4) is 33.6 Å². The number of aldehydes is 1. The molecule has 0 spiro atoms. The molecule has 3 aromatic heterocycles. The summed E-state index contributed by atoms with van der Waals surface area (Å²) in [4.78, 5) is 12.2. The molecule has 3 aromatic carbocycles. The molecule has 0 saturated heterocycles. The maximum absolute atomic E-state index is 15.0. The molecule has 0 radical (unpaired) electrons. The molecule has 6 rings (SSSR count). The summed E-state index contributed by atoms with van der Waals surface area (Å²) >= 11 is 8.08. The van der Waals surface area contributed by atoms with Crippen LogP contribution in [0.1, 0.15) is 28.8 Å². The van der Waals surface area contributed by atoms with E-state index in [4.69, 9.17) is 11.6 Å². The first-order valence-corrected chi connectivity index (χ1v) is 16.2. The van der Waals surface area contributed by atoms with Gasteiger partial charge in [0.15, 0.2) is 5.65 Å². The van der Waals surface area contributed by atoms with Gasteiger partial charge in [-0.25, -0.2) is 8.78 Å². The van der Waals surface area contributed by atoms with Gasteiger partial charge in [-0.05, 0) is 78.5 Å². The summed E-state index contributed by atoms with van der Waals surface area (Å²) in [5.74, 6) is -1.18. The van der Waals surface area contributed by atoms with Crippen molar-refractivity contribution in [3.63, 3.8) is 0 Å². The van der Waals surface area contributed by atoms with Crippen LogP contribution in [-0.4, -0.2) is 31.0 Å². The maximum atomic E-state index is 15.0. The largest absolute Gasteiger partial charge is 0.298 e. The Kier molecular flexibility index (Phi) is 9.32. The quantitative estimate of drug-likeness (QED) is 0.115. The Balaban J connectivity index is 1.71. The molecule has 230 valence electrons. The highest BCUT2D eigenvalue weighted by Crippen LogP contribution is 2.38. The van der Waals surface area contributed by atoms with Crippen molar-refractivity contribution in [2.24, 2.45) is 0 Å². The number of carbonyl (C=O) groups excluding carboxylic acids is 1. The van der Waals surface area contributed by atoms with Gasteiger partial charge in [0.25, 0.3) is 0 Å². The lowest BCUT2D eigenvalue weighted by atomic mass is 9.98. The fourth-order valence-electron chi connectivity index (χ4n) is 5.41. The van der Waals surface area contributed by atoms with E-state index in [-0.39, 0.29) is 0 Å². The zero-order valence-corrected chi connectivity index (χ0v) is 27.4. The van der Waals surface area contributed by atoms with Gasteiger partial charge in [0.1, 0.15) is 24.7 Å². The van der Waals surface area contributed by atoms with E-state index in [1.54, 1.807) is 42.7 Å². The molecule has 0 N–H and O–H groups in total. The molecule has 3 unspecified atom stereocenters. The van der Waals surface area contributed by atoms with E-state index in [0.29, 0.717) is 27.0 Å². The number of hydrogen-bond donors (Lipinski definition) is 0. The first-order chi connectivity index (χ1) is 22.3. The second-order valence-electron chi connectivity index (χ2n) is 10.5. The number of hydrogen-bond acceptors (Lipinski definition) is 4. The molecular formula is C36H28ClF2N4OPS. The Hall–Kier alpha value is -4.36. The van der Waals surface area contributed by atoms with Crippen LogP contribution in [-0.2, 0) is 0 Å². The number of rotatable bonds is 9. The number of nitrogens with zero attached hydrogens (tertiary/aromatic N) is 4. The molecule has 3 atom stereocenters.